The third-order valence-corrected chi connectivity index (χ3v) is 5.00. The normalized spacial score (nSPS) is 18.4. The number of rotatable bonds is 7. The first-order chi connectivity index (χ1) is 8.93. The van der Waals surface area contributed by atoms with Crippen LogP contribution in [0.15, 0.2) is 0 Å². The molecule has 0 aromatic carbocycles. The summed E-state index contributed by atoms with van der Waals surface area (Å²) in [7, 11) is -1.38. The number of ether oxygens (including phenoxy) is 2. The Morgan fingerprint density at radius 3 is 2.42 bits per heavy atom. The van der Waals surface area contributed by atoms with E-state index in [-0.39, 0.29) is 17.6 Å². The van der Waals surface area contributed by atoms with E-state index in [0.717, 1.165) is 13.1 Å². The number of piperidine rings is 1. The number of methoxy groups -OCH3 is 1. The van der Waals surface area contributed by atoms with Crippen LogP contribution in [0.25, 0.3) is 0 Å². The maximum Gasteiger partial charge on any atom is 0.308 e. The first-order valence-corrected chi connectivity index (χ1v) is 8.44. The van der Waals surface area contributed by atoms with Gasteiger partial charge in [-0.3, -0.25) is 9.69 Å². The van der Waals surface area contributed by atoms with E-state index in [0.29, 0.717) is 32.6 Å². The highest BCUT2D eigenvalue weighted by Gasteiger charge is 2.26. The molecule has 1 fully saturated rings. The van der Waals surface area contributed by atoms with Gasteiger partial charge < -0.3 is 9.47 Å². The third kappa shape index (κ3) is 6.35. The largest absolute Gasteiger partial charge is 0.464 e. The highest BCUT2D eigenvalue weighted by Crippen LogP contribution is 2.16. The van der Waals surface area contributed by atoms with Crippen LogP contribution in [-0.4, -0.2) is 70.8 Å². The number of hydrogen-bond acceptors (Lipinski definition) is 6. The number of sulfone groups is 1. The fourth-order valence-electron chi connectivity index (χ4n) is 2.11. The lowest BCUT2D eigenvalue weighted by molar-refractivity contribution is -0.145. The maximum atomic E-state index is 11.4. The van der Waals surface area contributed by atoms with Crippen molar-refractivity contribution in [3.8, 4) is 0 Å². The van der Waals surface area contributed by atoms with Crippen LogP contribution in [-0.2, 0) is 24.1 Å². The Kier molecular flexibility index (Phi) is 6.74. The van der Waals surface area contributed by atoms with Crippen molar-refractivity contribution in [2.24, 2.45) is 0 Å². The minimum Gasteiger partial charge on any atom is -0.464 e. The number of nitrogens with zero attached hydrogens (tertiary/aromatic N) is 1. The van der Waals surface area contributed by atoms with Crippen molar-refractivity contribution in [3.05, 3.63) is 0 Å². The molecule has 0 amide bonds. The zero-order valence-corrected chi connectivity index (χ0v) is 12.4. The van der Waals surface area contributed by atoms with Gasteiger partial charge in [-0.25, -0.2) is 8.42 Å². The summed E-state index contributed by atoms with van der Waals surface area (Å²) in [4.78, 5) is 13.4. The number of esters is 1. The molecule has 1 heterocycles. The average molecular weight is 293 g/mol. The van der Waals surface area contributed by atoms with Gasteiger partial charge in [-0.15, -0.1) is 0 Å². The maximum absolute atomic E-state index is 11.4. The number of carbonyl (C=O) groups excluding carboxylic acids is 1. The molecule has 0 atom stereocenters. The molecule has 0 bridgehead atoms. The Morgan fingerprint density at radius 2 is 1.89 bits per heavy atom. The SMILES string of the molecule is COCCC(=O)OCCN1CCC(S(C)(=O)=O)CC1. The van der Waals surface area contributed by atoms with E-state index >= 15 is 0 Å². The van der Waals surface area contributed by atoms with Crippen molar-refractivity contribution in [1.82, 2.24) is 4.90 Å². The van der Waals surface area contributed by atoms with Crippen molar-refractivity contribution < 1.29 is 22.7 Å². The van der Waals surface area contributed by atoms with E-state index < -0.39 is 9.84 Å². The summed E-state index contributed by atoms with van der Waals surface area (Å²) in [6.07, 6.45) is 2.89. The summed E-state index contributed by atoms with van der Waals surface area (Å²) in [5.41, 5.74) is 0. The molecule has 0 spiro atoms. The van der Waals surface area contributed by atoms with E-state index in [9.17, 15) is 13.2 Å². The first kappa shape index (κ1) is 16.4. The van der Waals surface area contributed by atoms with Gasteiger partial charge in [0.2, 0.25) is 0 Å². The van der Waals surface area contributed by atoms with Crippen LogP contribution < -0.4 is 0 Å². The second-order valence-electron chi connectivity index (χ2n) is 4.83. The Morgan fingerprint density at radius 1 is 1.26 bits per heavy atom. The standard InChI is InChI=1S/C12H23NO5S/c1-17-9-5-12(14)18-10-8-13-6-3-11(4-7-13)19(2,15)16/h11H,3-10H2,1-2H3. The number of hydrogen-bond donors (Lipinski definition) is 0. The van der Waals surface area contributed by atoms with Crippen molar-refractivity contribution >= 4 is 15.8 Å². The summed E-state index contributed by atoms with van der Waals surface area (Å²) in [6, 6.07) is 0. The van der Waals surface area contributed by atoms with E-state index in [1.807, 2.05) is 0 Å². The molecule has 0 radical (unpaired) electrons. The molecule has 19 heavy (non-hydrogen) atoms. The van der Waals surface area contributed by atoms with Crippen LogP contribution in [0.2, 0.25) is 0 Å². The lowest BCUT2D eigenvalue weighted by Gasteiger charge is -2.30. The van der Waals surface area contributed by atoms with Gasteiger partial charge in [-0.1, -0.05) is 0 Å². The van der Waals surface area contributed by atoms with Crippen molar-refractivity contribution in [2.75, 3.05) is 46.2 Å². The second-order valence-corrected chi connectivity index (χ2v) is 7.16. The smallest absolute Gasteiger partial charge is 0.308 e. The summed E-state index contributed by atoms with van der Waals surface area (Å²) >= 11 is 0. The number of likely N-dealkylation sites (tertiary alicyclic amines) is 1. The average Bonchev–Trinajstić information content (AvgIpc) is 2.36. The number of carbonyl (C=O) groups is 1. The molecule has 0 N–H and O–H groups in total. The predicted molar refractivity (Wildman–Crippen MR) is 71.8 cm³/mol. The van der Waals surface area contributed by atoms with Crippen LogP contribution in [0.4, 0.5) is 0 Å². The van der Waals surface area contributed by atoms with Crippen LogP contribution in [0.5, 0.6) is 0 Å². The van der Waals surface area contributed by atoms with Gasteiger partial charge in [0.25, 0.3) is 0 Å². The molecule has 0 saturated carbocycles. The molecule has 1 aliphatic rings. The highest BCUT2D eigenvalue weighted by molar-refractivity contribution is 7.91. The van der Waals surface area contributed by atoms with Crippen LogP contribution >= 0.6 is 0 Å². The minimum absolute atomic E-state index is 0.215. The molecule has 0 unspecified atom stereocenters. The third-order valence-electron chi connectivity index (χ3n) is 3.32. The Hall–Kier alpha value is -0.660. The minimum atomic E-state index is -2.92. The van der Waals surface area contributed by atoms with Gasteiger partial charge in [0.15, 0.2) is 0 Å². The van der Waals surface area contributed by atoms with Crippen LogP contribution in [0.1, 0.15) is 19.3 Å². The molecule has 7 heteroatoms. The fraction of sp³-hybridized carbons (Fsp3) is 0.917. The van der Waals surface area contributed by atoms with E-state index in [2.05, 4.69) is 4.90 Å². The monoisotopic (exact) mass is 293 g/mol. The molecule has 0 aromatic heterocycles. The molecule has 1 aliphatic heterocycles. The Labute approximate surface area is 115 Å². The molecular formula is C12H23NO5S. The first-order valence-electron chi connectivity index (χ1n) is 6.49. The zero-order chi connectivity index (χ0) is 14.3. The Bertz CT molecular complexity index is 374. The molecule has 0 aliphatic carbocycles. The van der Waals surface area contributed by atoms with Crippen molar-refractivity contribution in [2.45, 2.75) is 24.5 Å². The van der Waals surface area contributed by atoms with Gasteiger partial charge in [0.1, 0.15) is 16.4 Å². The lowest BCUT2D eigenvalue weighted by atomic mass is 10.1. The summed E-state index contributed by atoms with van der Waals surface area (Å²) in [5, 5.41) is -0.215. The van der Waals surface area contributed by atoms with E-state index in [1.54, 1.807) is 7.11 Å². The predicted octanol–water partition coefficient (Wildman–Crippen LogP) is 0.0751. The van der Waals surface area contributed by atoms with Crippen molar-refractivity contribution in [1.29, 1.82) is 0 Å². The highest BCUT2D eigenvalue weighted by atomic mass is 32.2. The van der Waals surface area contributed by atoms with Crippen LogP contribution in [0, 0.1) is 0 Å². The summed E-state index contributed by atoms with van der Waals surface area (Å²) in [5.74, 6) is -0.257. The van der Waals surface area contributed by atoms with Crippen molar-refractivity contribution in [3.63, 3.8) is 0 Å². The van der Waals surface area contributed by atoms with Gasteiger partial charge in [-0.2, -0.15) is 0 Å². The van der Waals surface area contributed by atoms with E-state index in [4.69, 9.17) is 9.47 Å². The molecular weight excluding hydrogens is 270 g/mol. The molecule has 1 rings (SSSR count). The zero-order valence-electron chi connectivity index (χ0n) is 11.6. The topological polar surface area (TPSA) is 72.9 Å². The quantitative estimate of drug-likeness (QED) is 0.619. The molecule has 0 aromatic rings. The summed E-state index contributed by atoms with van der Waals surface area (Å²) < 4.78 is 32.6. The van der Waals surface area contributed by atoms with E-state index in [1.165, 1.54) is 6.26 Å². The van der Waals surface area contributed by atoms with Gasteiger partial charge in [0.05, 0.1) is 18.3 Å². The van der Waals surface area contributed by atoms with Crippen LogP contribution in [0.3, 0.4) is 0 Å². The molecule has 6 nitrogen and oxygen atoms in total. The molecule has 1 saturated heterocycles. The lowest BCUT2D eigenvalue weighted by Crippen LogP contribution is -2.40. The fourth-order valence-corrected chi connectivity index (χ4v) is 3.17. The summed E-state index contributed by atoms with van der Waals surface area (Å²) in [6.45, 7) is 2.88. The molecule has 112 valence electrons. The van der Waals surface area contributed by atoms with Gasteiger partial charge in [-0.05, 0) is 25.9 Å². The van der Waals surface area contributed by atoms with Gasteiger partial charge in [0, 0.05) is 19.9 Å². The van der Waals surface area contributed by atoms with Gasteiger partial charge >= 0.3 is 5.97 Å². The Balaban J connectivity index is 2.15. The second kappa shape index (κ2) is 7.81.